The van der Waals surface area contributed by atoms with E-state index in [2.05, 4.69) is 0 Å². The second kappa shape index (κ2) is 4.08. The van der Waals surface area contributed by atoms with Gasteiger partial charge >= 0.3 is 5.97 Å². The molecule has 0 aliphatic carbocycles. The first-order valence-corrected chi connectivity index (χ1v) is 5.75. The molecular weight excluding hydrogens is 238 g/mol. The van der Waals surface area contributed by atoms with Gasteiger partial charge in [-0.1, -0.05) is 17.7 Å². The maximum absolute atomic E-state index is 11.8. The van der Waals surface area contributed by atoms with Gasteiger partial charge in [0.2, 0.25) is 0 Å². The van der Waals surface area contributed by atoms with Crippen molar-refractivity contribution in [3.8, 4) is 5.75 Å². The average molecular weight is 252 g/mol. The van der Waals surface area contributed by atoms with E-state index in [1.54, 1.807) is 10.5 Å². The lowest BCUT2D eigenvalue weighted by atomic mass is 9.97. The molecule has 2 aromatic rings. The molecule has 0 aliphatic heterocycles. The van der Waals surface area contributed by atoms with E-state index in [9.17, 15) is 4.79 Å². The molecule has 0 fully saturated rings. The monoisotopic (exact) mass is 251 g/mol. The number of hydrogen-bond acceptors (Lipinski definition) is 2. The number of carbonyl (C=O) groups excluding carboxylic acids is 1. The molecule has 4 heteroatoms. The minimum atomic E-state index is -0.532. The van der Waals surface area contributed by atoms with Crippen molar-refractivity contribution in [2.75, 3.05) is 0 Å². The van der Waals surface area contributed by atoms with Gasteiger partial charge in [-0.25, -0.2) is 0 Å². The Kier molecular flexibility index (Phi) is 2.87. The third kappa shape index (κ3) is 2.29. The molecule has 0 spiro atoms. The van der Waals surface area contributed by atoms with Crippen molar-refractivity contribution in [3.63, 3.8) is 0 Å². The smallest absolute Gasteiger partial charge is 0.316 e. The van der Waals surface area contributed by atoms with Crippen LogP contribution in [0.1, 0.15) is 20.8 Å². The zero-order valence-corrected chi connectivity index (χ0v) is 10.8. The van der Waals surface area contributed by atoms with Crippen molar-refractivity contribution < 1.29 is 9.53 Å². The summed E-state index contributed by atoms with van der Waals surface area (Å²) >= 11 is 6.05. The first-order valence-electron chi connectivity index (χ1n) is 5.37. The predicted octanol–water partition coefficient (Wildman–Crippen LogP) is 3.54. The van der Waals surface area contributed by atoms with Crippen LogP contribution in [0.3, 0.4) is 0 Å². The normalized spacial score (nSPS) is 11.8. The zero-order chi connectivity index (χ0) is 12.6. The van der Waals surface area contributed by atoms with E-state index in [0.717, 1.165) is 5.52 Å². The number of fused-ring (bicyclic) bond motifs is 1. The number of hydrogen-bond donors (Lipinski definition) is 0. The maximum atomic E-state index is 11.8. The van der Waals surface area contributed by atoms with E-state index >= 15 is 0 Å². The Labute approximate surface area is 105 Å². The molecule has 0 atom stereocenters. The van der Waals surface area contributed by atoms with Crippen LogP contribution in [-0.2, 0) is 4.79 Å². The van der Waals surface area contributed by atoms with Crippen molar-refractivity contribution >= 4 is 23.1 Å². The van der Waals surface area contributed by atoms with Crippen molar-refractivity contribution in [2.45, 2.75) is 20.8 Å². The summed E-state index contributed by atoms with van der Waals surface area (Å²) < 4.78 is 7.14. The summed E-state index contributed by atoms with van der Waals surface area (Å²) in [6.07, 6.45) is 1.83. The highest BCUT2D eigenvalue weighted by atomic mass is 35.5. The number of carbonyl (C=O) groups is 1. The molecule has 0 aromatic carbocycles. The molecule has 0 amide bonds. The number of ether oxygens (including phenoxy) is 1. The molecule has 0 N–H and O–H groups in total. The minimum Gasteiger partial charge on any atom is -0.424 e. The number of nitrogens with zero attached hydrogens (tertiary/aromatic N) is 1. The summed E-state index contributed by atoms with van der Waals surface area (Å²) in [5.74, 6) is 0.223. The summed E-state index contributed by atoms with van der Waals surface area (Å²) in [5, 5.41) is 0.525. The second-order valence-corrected chi connectivity index (χ2v) is 5.31. The van der Waals surface area contributed by atoms with Crippen LogP contribution in [0.25, 0.3) is 5.52 Å². The largest absolute Gasteiger partial charge is 0.424 e. The van der Waals surface area contributed by atoms with Gasteiger partial charge < -0.3 is 9.14 Å². The Morgan fingerprint density at radius 1 is 1.35 bits per heavy atom. The number of halogens is 1. The second-order valence-electron chi connectivity index (χ2n) is 4.93. The van der Waals surface area contributed by atoms with Crippen LogP contribution < -0.4 is 4.74 Å². The highest BCUT2D eigenvalue weighted by molar-refractivity contribution is 6.30. The van der Waals surface area contributed by atoms with Crippen molar-refractivity contribution in [1.29, 1.82) is 0 Å². The fraction of sp³-hybridized carbons (Fsp3) is 0.308. The standard InChI is InChI=1S/C13H14ClNO2/c1-13(2,3)12(16)17-10-8-11(14)15-7-5-4-6-9(10)15/h4-8H,1-3H3. The van der Waals surface area contributed by atoms with E-state index in [1.165, 1.54) is 0 Å². The van der Waals surface area contributed by atoms with Gasteiger partial charge in [-0.05, 0) is 32.9 Å². The van der Waals surface area contributed by atoms with Crippen LogP contribution in [-0.4, -0.2) is 10.4 Å². The van der Waals surface area contributed by atoms with E-state index < -0.39 is 5.41 Å². The molecule has 0 bridgehead atoms. The van der Waals surface area contributed by atoms with Gasteiger partial charge in [-0.15, -0.1) is 0 Å². The molecule has 0 radical (unpaired) electrons. The molecule has 2 rings (SSSR count). The Bertz CT molecular complexity index is 566. The number of aromatic nitrogens is 1. The Morgan fingerprint density at radius 2 is 2.06 bits per heavy atom. The quantitative estimate of drug-likeness (QED) is 0.726. The van der Waals surface area contributed by atoms with E-state index in [0.29, 0.717) is 10.9 Å². The predicted molar refractivity (Wildman–Crippen MR) is 67.5 cm³/mol. The molecular formula is C13H14ClNO2. The zero-order valence-electron chi connectivity index (χ0n) is 10.0. The lowest BCUT2D eigenvalue weighted by molar-refractivity contribution is -0.142. The fourth-order valence-electron chi connectivity index (χ4n) is 1.42. The fourth-order valence-corrected chi connectivity index (χ4v) is 1.66. The molecule has 90 valence electrons. The summed E-state index contributed by atoms with van der Waals surface area (Å²) in [6, 6.07) is 7.26. The Hall–Kier alpha value is -1.48. The maximum Gasteiger partial charge on any atom is 0.316 e. The van der Waals surface area contributed by atoms with Crippen LogP contribution in [0.4, 0.5) is 0 Å². The molecule has 0 saturated heterocycles. The lowest BCUT2D eigenvalue weighted by Crippen LogP contribution is -2.25. The van der Waals surface area contributed by atoms with Crippen LogP contribution in [0.5, 0.6) is 5.75 Å². The highest BCUT2D eigenvalue weighted by Crippen LogP contribution is 2.29. The molecule has 17 heavy (non-hydrogen) atoms. The molecule has 3 nitrogen and oxygen atoms in total. The van der Waals surface area contributed by atoms with Crippen LogP contribution in [0.15, 0.2) is 30.5 Å². The first-order chi connectivity index (χ1) is 7.89. The van der Waals surface area contributed by atoms with Gasteiger partial charge in [0.1, 0.15) is 5.15 Å². The SMILES string of the molecule is CC(C)(C)C(=O)Oc1cc(Cl)n2ccccc12. The summed E-state index contributed by atoms with van der Waals surface area (Å²) in [4.78, 5) is 11.8. The van der Waals surface area contributed by atoms with E-state index in [1.807, 2.05) is 45.2 Å². The molecule has 0 saturated carbocycles. The summed E-state index contributed by atoms with van der Waals surface area (Å²) in [6.45, 7) is 5.44. The minimum absolute atomic E-state index is 0.273. The van der Waals surface area contributed by atoms with Gasteiger partial charge in [0.15, 0.2) is 5.75 Å². The third-order valence-electron chi connectivity index (χ3n) is 2.41. The average Bonchev–Trinajstić information content (AvgIpc) is 2.56. The molecule has 0 aliphatic rings. The van der Waals surface area contributed by atoms with Gasteiger partial charge in [0.25, 0.3) is 0 Å². The van der Waals surface area contributed by atoms with Gasteiger partial charge in [-0.2, -0.15) is 0 Å². The van der Waals surface area contributed by atoms with Gasteiger partial charge in [-0.3, -0.25) is 4.79 Å². The van der Waals surface area contributed by atoms with Crippen molar-refractivity contribution in [2.24, 2.45) is 5.41 Å². The van der Waals surface area contributed by atoms with Gasteiger partial charge in [0, 0.05) is 12.3 Å². The number of pyridine rings is 1. The Morgan fingerprint density at radius 3 is 2.71 bits per heavy atom. The van der Waals surface area contributed by atoms with Crippen LogP contribution in [0.2, 0.25) is 5.15 Å². The molecule has 0 unspecified atom stereocenters. The Balaban J connectivity index is 2.41. The lowest BCUT2D eigenvalue weighted by Gasteiger charge is -2.15. The number of esters is 1. The summed E-state index contributed by atoms with van der Waals surface area (Å²) in [5.41, 5.74) is 0.255. The van der Waals surface area contributed by atoms with Crippen molar-refractivity contribution in [1.82, 2.24) is 4.40 Å². The van der Waals surface area contributed by atoms with Crippen LogP contribution in [0, 0.1) is 5.41 Å². The molecule has 2 aromatic heterocycles. The highest BCUT2D eigenvalue weighted by Gasteiger charge is 2.25. The first kappa shape index (κ1) is 12.0. The topological polar surface area (TPSA) is 30.7 Å². The van der Waals surface area contributed by atoms with Crippen molar-refractivity contribution in [3.05, 3.63) is 35.6 Å². The third-order valence-corrected chi connectivity index (χ3v) is 2.70. The summed E-state index contributed by atoms with van der Waals surface area (Å²) in [7, 11) is 0. The number of rotatable bonds is 1. The van der Waals surface area contributed by atoms with E-state index in [4.69, 9.17) is 16.3 Å². The van der Waals surface area contributed by atoms with Gasteiger partial charge in [0.05, 0.1) is 10.9 Å². The van der Waals surface area contributed by atoms with Crippen LogP contribution >= 0.6 is 11.6 Å². The molecule has 2 heterocycles. The van der Waals surface area contributed by atoms with E-state index in [-0.39, 0.29) is 5.97 Å².